The third-order valence-corrected chi connectivity index (χ3v) is 2.39. The van der Waals surface area contributed by atoms with Crippen molar-refractivity contribution in [3.8, 4) is 5.75 Å². The molecule has 0 aliphatic heterocycles. The van der Waals surface area contributed by atoms with Gasteiger partial charge in [-0.3, -0.25) is 0 Å². The Morgan fingerprint density at radius 1 is 1.31 bits per heavy atom. The van der Waals surface area contributed by atoms with Gasteiger partial charge in [0.15, 0.2) is 0 Å². The molecule has 0 amide bonds. The lowest BCUT2D eigenvalue weighted by Gasteiger charge is -2.17. The lowest BCUT2D eigenvalue weighted by atomic mass is 10.1. The summed E-state index contributed by atoms with van der Waals surface area (Å²) in [5, 5.41) is 3.41. The molecular weight excluding hydrogens is 198 g/mol. The predicted molar refractivity (Wildman–Crippen MR) is 68.9 cm³/mol. The van der Waals surface area contributed by atoms with Crippen molar-refractivity contribution in [3.63, 3.8) is 0 Å². The van der Waals surface area contributed by atoms with Crippen molar-refractivity contribution in [1.29, 1.82) is 0 Å². The summed E-state index contributed by atoms with van der Waals surface area (Å²) >= 11 is 0. The molecule has 0 bridgehead atoms. The number of benzene rings is 1. The summed E-state index contributed by atoms with van der Waals surface area (Å²) in [4.78, 5) is 0. The lowest BCUT2D eigenvalue weighted by Crippen LogP contribution is -2.16. The second kappa shape index (κ2) is 6.54. The van der Waals surface area contributed by atoms with Crippen molar-refractivity contribution < 1.29 is 4.74 Å². The summed E-state index contributed by atoms with van der Waals surface area (Å²) in [6, 6.07) is 6.32. The Balaban J connectivity index is 2.76. The van der Waals surface area contributed by atoms with Crippen molar-refractivity contribution in [2.45, 2.75) is 46.8 Å². The minimum absolute atomic E-state index is 0.228. The second-order valence-corrected chi connectivity index (χ2v) is 4.41. The second-order valence-electron chi connectivity index (χ2n) is 4.41. The third-order valence-electron chi connectivity index (χ3n) is 2.39. The van der Waals surface area contributed by atoms with E-state index in [2.05, 4.69) is 51.2 Å². The highest BCUT2D eigenvalue weighted by molar-refractivity contribution is 5.40. The monoisotopic (exact) mass is 221 g/mol. The minimum atomic E-state index is 0.228. The number of aryl methyl sites for hydroxylation is 1. The van der Waals surface area contributed by atoms with Crippen LogP contribution in [-0.2, 0) is 6.54 Å². The number of nitrogens with one attached hydrogen (secondary N) is 1. The van der Waals surface area contributed by atoms with Gasteiger partial charge < -0.3 is 10.1 Å². The average molecular weight is 221 g/mol. The summed E-state index contributed by atoms with van der Waals surface area (Å²) in [7, 11) is 0. The van der Waals surface area contributed by atoms with Crippen LogP contribution in [-0.4, -0.2) is 12.6 Å². The third kappa shape index (κ3) is 3.86. The molecule has 0 aliphatic carbocycles. The minimum Gasteiger partial charge on any atom is -0.490 e. The lowest BCUT2D eigenvalue weighted by molar-refractivity contribution is 0.238. The Morgan fingerprint density at radius 2 is 2.06 bits per heavy atom. The van der Waals surface area contributed by atoms with Gasteiger partial charge in [-0.25, -0.2) is 0 Å². The van der Waals surface area contributed by atoms with Gasteiger partial charge in [-0.2, -0.15) is 0 Å². The van der Waals surface area contributed by atoms with Crippen LogP contribution in [0.1, 0.15) is 38.3 Å². The molecule has 0 atom stereocenters. The molecule has 0 aromatic heterocycles. The first-order valence-corrected chi connectivity index (χ1v) is 6.11. The Labute approximate surface area is 99.0 Å². The van der Waals surface area contributed by atoms with Gasteiger partial charge in [0.1, 0.15) is 5.75 Å². The van der Waals surface area contributed by atoms with Gasteiger partial charge in [-0.15, -0.1) is 0 Å². The summed E-state index contributed by atoms with van der Waals surface area (Å²) in [5.41, 5.74) is 2.46. The molecule has 2 heteroatoms. The molecule has 0 spiro atoms. The maximum atomic E-state index is 5.87. The van der Waals surface area contributed by atoms with Gasteiger partial charge in [0.2, 0.25) is 0 Å². The Bertz CT molecular complexity index is 321. The van der Waals surface area contributed by atoms with E-state index in [1.54, 1.807) is 0 Å². The average Bonchev–Trinajstić information content (AvgIpc) is 2.23. The summed E-state index contributed by atoms with van der Waals surface area (Å²) < 4.78 is 5.87. The van der Waals surface area contributed by atoms with E-state index in [1.807, 2.05) is 0 Å². The first-order chi connectivity index (χ1) is 7.65. The van der Waals surface area contributed by atoms with Crippen molar-refractivity contribution >= 4 is 0 Å². The van der Waals surface area contributed by atoms with Crippen LogP contribution >= 0.6 is 0 Å². The highest BCUT2D eigenvalue weighted by atomic mass is 16.5. The zero-order valence-electron chi connectivity index (χ0n) is 10.8. The Kier molecular flexibility index (Phi) is 5.33. The summed E-state index contributed by atoms with van der Waals surface area (Å²) in [6.07, 6.45) is 1.39. The highest BCUT2D eigenvalue weighted by Crippen LogP contribution is 2.24. The normalized spacial score (nSPS) is 10.8. The molecule has 0 saturated heterocycles. The molecule has 0 heterocycles. The quantitative estimate of drug-likeness (QED) is 0.744. The summed E-state index contributed by atoms with van der Waals surface area (Å²) in [6.45, 7) is 10.3. The van der Waals surface area contributed by atoms with Crippen molar-refractivity contribution in [2.75, 3.05) is 6.54 Å². The van der Waals surface area contributed by atoms with Crippen LogP contribution in [0, 0.1) is 6.92 Å². The van der Waals surface area contributed by atoms with E-state index >= 15 is 0 Å². The number of para-hydroxylation sites is 1. The van der Waals surface area contributed by atoms with Crippen LogP contribution < -0.4 is 10.1 Å². The zero-order chi connectivity index (χ0) is 12.0. The van der Waals surface area contributed by atoms with E-state index in [4.69, 9.17) is 4.74 Å². The van der Waals surface area contributed by atoms with Gasteiger partial charge in [0.05, 0.1) is 6.10 Å². The molecule has 1 N–H and O–H groups in total. The molecule has 16 heavy (non-hydrogen) atoms. The SMILES string of the molecule is CCCNCc1cccc(C)c1OC(C)C. The first kappa shape index (κ1) is 13.0. The van der Waals surface area contributed by atoms with Crippen LogP contribution in [0.5, 0.6) is 5.75 Å². The smallest absolute Gasteiger partial charge is 0.127 e. The molecular formula is C14H23NO. The zero-order valence-corrected chi connectivity index (χ0v) is 10.8. The largest absolute Gasteiger partial charge is 0.490 e. The molecule has 1 aromatic rings. The number of ether oxygens (including phenoxy) is 1. The van der Waals surface area contributed by atoms with Gasteiger partial charge in [0, 0.05) is 12.1 Å². The fourth-order valence-electron chi connectivity index (χ4n) is 1.66. The standard InChI is InChI=1S/C14H23NO/c1-5-9-15-10-13-8-6-7-12(4)14(13)16-11(2)3/h6-8,11,15H,5,9-10H2,1-4H3. The van der Waals surface area contributed by atoms with Crippen LogP contribution in [0.2, 0.25) is 0 Å². The van der Waals surface area contributed by atoms with Crippen molar-refractivity contribution in [2.24, 2.45) is 0 Å². The van der Waals surface area contributed by atoms with Crippen LogP contribution in [0.15, 0.2) is 18.2 Å². The van der Waals surface area contributed by atoms with Gasteiger partial charge in [-0.1, -0.05) is 25.1 Å². The predicted octanol–water partition coefficient (Wildman–Crippen LogP) is 3.28. The van der Waals surface area contributed by atoms with Gasteiger partial charge in [0.25, 0.3) is 0 Å². The molecule has 0 aliphatic rings. The molecule has 0 radical (unpaired) electrons. The Hall–Kier alpha value is -1.02. The van der Waals surface area contributed by atoms with E-state index in [0.717, 1.165) is 25.3 Å². The van der Waals surface area contributed by atoms with Crippen LogP contribution in [0.25, 0.3) is 0 Å². The number of hydrogen-bond acceptors (Lipinski definition) is 2. The van der Waals surface area contributed by atoms with E-state index in [1.165, 1.54) is 11.1 Å². The van der Waals surface area contributed by atoms with Crippen LogP contribution in [0.4, 0.5) is 0 Å². The molecule has 1 aromatic carbocycles. The number of rotatable bonds is 6. The summed E-state index contributed by atoms with van der Waals surface area (Å²) in [5.74, 6) is 1.04. The van der Waals surface area contributed by atoms with Gasteiger partial charge in [-0.05, 0) is 39.3 Å². The molecule has 1 rings (SSSR count). The van der Waals surface area contributed by atoms with Crippen molar-refractivity contribution in [1.82, 2.24) is 5.32 Å². The van der Waals surface area contributed by atoms with E-state index < -0.39 is 0 Å². The maximum Gasteiger partial charge on any atom is 0.127 e. The van der Waals surface area contributed by atoms with Crippen LogP contribution in [0.3, 0.4) is 0 Å². The molecule has 0 unspecified atom stereocenters. The highest BCUT2D eigenvalue weighted by Gasteiger charge is 2.07. The Morgan fingerprint density at radius 3 is 2.69 bits per heavy atom. The molecule has 0 fully saturated rings. The first-order valence-electron chi connectivity index (χ1n) is 6.11. The van der Waals surface area contributed by atoms with Crippen molar-refractivity contribution in [3.05, 3.63) is 29.3 Å². The molecule has 90 valence electrons. The molecule has 0 saturated carbocycles. The fourth-order valence-corrected chi connectivity index (χ4v) is 1.66. The maximum absolute atomic E-state index is 5.87. The van der Waals surface area contributed by atoms with E-state index in [9.17, 15) is 0 Å². The van der Waals surface area contributed by atoms with E-state index in [0.29, 0.717) is 0 Å². The van der Waals surface area contributed by atoms with E-state index in [-0.39, 0.29) is 6.10 Å². The topological polar surface area (TPSA) is 21.3 Å². The fraction of sp³-hybridized carbons (Fsp3) is 0.571. The van der Waals surface area contributed by atoms with Gasteiger partial charge >= 0.3 is 0 Å². The molecule has 2 nitrogen and oxygen atoms in total. The number of hydrogen-bond donors (Lipinski definition) is 1.